The molecule has 0 unspecified atom stereocenters. The van der Waals surface area contributed by atoms with Gasteiger partial charge in [0, 0.05) is 11.6 Å². The van der Waals surface area contributed by atoms with Gasteiger partial charge in [-0.1, -0.05) is 0 Å². The third kappa shape index (κ3) is 1.87. The summed E-state index contributed by atoms with van der Waals surface area (Å²) in [5.41, 5.74) is 0.227. The molecule has 0 aromatic heterocycles. The summed E-state index contributed by atoms with van der Waals surface area (Å²) in [6.45, 7) is 6.16. The van der Waals surface area contributed by atoms with Gasteiger partial charge in [-0.25, -0.2) is 4.79 Å². The van der Waals surface area contributed by atoms with Crippen molar-refractivity contribution >= 4 is 11.9 Å². The van der Waals surface area contributed by atoms with Crippen molar-refractivity contribution in [2.24, 2.45) is 5.41 Å². The van der Waals surface area contributed by atoms with E-state index in [1.54, 1.807) is 0 Å². The Morgan fingerprint density at radius 3 is 2.53 bits per heavy atom. The van der Waals surface area contributed by atoms with E-state index in [-0.39, 0.29) is 29.4 Å². The first kappa shape index (κ1) is 12.7. The van der Waals surface area contributed by atoms with Crippen LogP contribution in [0.2, 0.25) is 0 Å². The van der Waals surface area contributed by atoms with Gasteiger partial charge in [0.2, 0.25) is 5.91 Å². The molecule has 19 heavy (non-hydrogen) atoms. The Bertz CT molecular complexity index is 461. The van der Waals surface area contributed by atoms with Gasteiger partial charge in [0.25, 0.3) is 0 Å². The van der Waals surface area contributed by atoms with Crippen LogP contribution in [-0.2, 0) is 14.3 Å². The number of cyclic esters (lactones) is 1. The van der Waals surface area contributed by atoms with Crippen LogP contribution in [0, 0.1) is 5.41 Å². The second kappa shape index (κ2) is 4.07. The number of amides is 1. The maximum absolute atomic E-state index is 12.9. The lowest BCUT2D eigenvalue weighted by Gasteiger charge is -2.32. The minimum atomic E-state index is -0.343. The molecule has 0 saturated carbocycles. The van der Waals surface area contributed by atoms with Crippen LogP contribution in [0.4, 0.5) is 0 Å². The zero-order chi connectivity index (χ0) is 13.7. The third-order valence-electron chi connectivity index (χ3n) is 4.53. The molecule has 5 heteroatoms. The zero-order valence-electron chi connectivity index (χ0n) is 11.5. The third-order valence-corrected chi connectivity index (χ3v) is 4.53. The summed E-state index contributed by atoms with van der Waals surface area (Å²) in [5, 5.41) is 3.31. The molecule has 2 fully saturated rings. The maximum atomic E-state index is 12.9. The average Bonchev–Trinajstić information content (AvgIpc) is 2.82. The maximum Gasteiger partial charge on any atom is 0.333 e. The second-order valence-electron chi connectivity index (χ2n) is 6.40. The predicted octanol–water partition coefficient (Wildman–Crippen LogP) is 0.808. The summed E-state index contributed by atoms with van der Waals surface area (Å²) in [5.74, 6) is -0.173. The van der Waals surface area contributed by atoms with Gasteiger partial charge in [0.1, 0.15) is 6.61 Å². The molecule has 104 valence electrons. The van der Waals surface area contributed by atoms with Crippen LogP contribution in [0.15, 0.2) is 11.8 Å². The summed E-state index contributed by atoms with van der Waals surface area (Å²) in [6.07, 6.45) is 4.08. The van der Waals surface area contributed by atoms with Crippen molar-refractivity contribution in [3.8, 4) is 0 Å². The van der Waals surface area contributed by atoms with Gasteiger partial charge >= 0.3 is 5.97 Å². The molecule has 2 saturated heterocycles. The van der Waals surface area contributed by atoms with Gasteiger partial charge in [-0.3, -0.25) is 4.79 Å². The molecular formula is C14H20N2O3. The monoisotopic (exact) mass is 264 g/mol. The highest BCUT2D eigenvalue weighted by atomic mass is 16.5. The summed E-state index contributed by atoms with van der Waals surface area (Å²) in [6, 6.07) is 0. The molecule has 0 bridgehead atoms. The van der Waals surface area contributed by atoms with Gasteiger partial charge in [0.05, 0.1) is 11.1 Å². The normalized spacial score (nSPS) is 28.7. The molecule has 3 heterocycles. The van der Waals surface area contributed by atoms with Crippen LogP contribution in [0.5, 0.6) is 0 Å². The highest BCUT2D eigenvalue weighted by Crippen LogP contribution is 2.49. The fourth-order valence-corrected chi connectivity index (χ4v) is 3.80. The first-order valence-electron chi connectivity index (χ1n) is 6.87. The van der Waals surface area contributed by atoms with E-state index in [0.29, 0.717) is 0 Å². The standard InChI is InChI=1S/C14H20N2O3/c1-13(2)9-14(3-5-15-6-4-14)12(18)16(13)10-7-11(17)19-8-10/h7,15H,3-6,8-9H2,1-2H3. The number of hydrogen-bond acceptors (Lipinski definition) is 4. The molecule has 0 aromatic carbocycles. The van der Waals surface area contributed by atoms with Gasteiger partial charge in [-0.2, -0.15) is 0 Å². The number of nitrogens with zero attached hydrogens (tertiary/aromatic N) is 1. The number of ether oxygens (including phenoxy) is 1. The molecule has 0 radical (unpaired) electrons. The van der Waals surface area contributed by atoms with Crippen molar-refractivity contribution in [2.75, 3.05) is 19.7 Å². The number of likely N-dealkylation sites (tertiary alicyclic amines) is 1. The number of nitrogens with one attached hydrogen (secondary N) is 1. The SMILES string of the molecule is CC1(C)CC2(CCNCC2)C(=O)N1C1=CC(=O)OC1. The highest BCUT2D eigenvalue weighted by Gasteiger charge is 2.56. The lowest BCUT2D eigenvalue weighted by atomic mass is 9.74. The second-order valence-corrected chi connectivity index (χ2v) is 6.40. The Balaban J connectivity index is 1.94. The van der Waals surface area contributed by atoms with E-state index in [0.717, 1.165) is 38.0 Å². The molecule has 3 rings (SSSR count). The first-order valence-corrected chi connectivity index (χ1v) is 6.87. The van der Waals surface area contributed by atoms with E-state index in [1.807, 2.05) is 4.90 Å². The van der Waals surface area contributed by atoms with Crippen LogP contribution in [0.25, 0.3) is 0 Å². The van der Waals surface area contributed by atoms with Gasteiger partial charge < -0.3 is 15.0 Å². The van der Waals surface area contributed by atoms with E-state index >= 15 is 0 Å². The first-order chi connectivity index (χ1) is 8.95. The zero-order valence-corrected chi connectivity index (χ0v) is 11.5. The lowest BCUT2D eigenvalue weighted by molar-refractivity contribution is -0.138. The van der Waals surface area contributed by atoms with Crippen molar-refractivity contribution in [1.29, 1.82) is 0 Å². The largest absolute Gasteiger partial charge is 0.456 e. The van der Waals surface area contributed by atoms with Gasteiger partial charge in [-0.05, 0) is 46.2 Å². The summed E-state index contributed by atoms with van der Waals surface area (Å²) < 4.78 is 4.96. The minimum absolute atomic E-state index is 0.170. The average molecular weight is 264 g/mol. The van der Waals surface area contributed by atoms with Gasteiger partial charge in [-0.15, -0.1) is 0 Å². The number of carbonyl (C=O) groups excluding carboxylic acids is 2. The molecule has 0 aliphatic carbocycles. The van der Waals surface area contributed by atoms with Crippen molar-refractivity contribution < 1.29 is 14.3 Å². The molecule has 1 amide bonds. The molecule has 5 nitrogen and oxygen atoms in total. The van der Waals surface area contributed by atoms with E-state index < -0.39 is 0 Å². The Kier molecular flexibility index (Phi) is 2.71. The summed E-state index contributed by atoms with van der Waals surface area (Å²) >= 11 is 0. The fraction of sp³-hybridized carbons (Fsp3) is 0.714. The van der Waals surface area contributed by atoms with E-state index in [1.165, 1.54) is 6.08 Å². The summed E-state index contributed by atoms with van der Waals surface area (Å²) in [7, 11) is 0. The number of piperidine rings is 1. The topological polar surface area (TPSA) is 58.6 Å². The van der Waals surface area contributed by atoms with Crippen LogP contribution in [-0.4, -0.2) is 42.0 Å². The van der Waals surface area contributed by atoms with E-state index in [2.05, 4.69) is 19.2 Å². The molecule has 1 N–H and O–H groups in total. The van der Waals surface area contributed by atoms with Crippen LogP contribution < -0.4 is 5.32 Å². The van der Waals surface area contributed by atoms with Crippen LogP contribution in [0.3, 0.4) is 0 Å². The van der Waals surface area contributed by atoms with Crippen molar-refractivity contribution in [1.82, 2.24) is 10.2 Å². The molecule has 3 aliphatic heterocycles. The van der Waals surface area contributed by atoms with Crippen LogP contribution in [0.1, 0.15) is 33.1 Å². The Morgan fingerprint density at radius 1 is 1.26 bits per heavy atom. The van der Waals surface area contributed by atoms with Crippen molar-refractivity contribution in [2.45, 2.75) is 38.6 Å². The number of rotatable bonds is 1. The van der Waals surface area contributed by atoms with Crippen molar-refractivity contribution in [3.63, 3.8) is 0 Å². The van der Waals surface area contributed by atoms with E-state index in [9.17, 15) is 9.59 Å². The molecule has 0 aromatic rings. The van der Waals surface area contributed by atoms with Gasteiger partial charge in [0.15, 0.2) is 0 Å². The number of esters is 1. The van der Waals surface area contributed by atoms with Crippen molar-refractivity contribution in [3.05, 3.63) is 11.8 Å². The molecule has 3 aliphatic rings. The number of carbonyl (C=O) groups is 2. The molecular weight excluding hydrogens is 244 g/mol. The predicted molar refractivity (Wildman–Crippen MR) is 69.1 cm³/mol. The number of hydrogen-bond donors (Lipinski definition) is 1. The smallest absolute Gasteiger partial charge is 0.333 e. The quantitative estimate of drug-likeness (QED) is 0.712. The molecule has 1 spiro atoms. The Hall–Kier alpha value is -1.36. The fourth-order valence-electron chi connectivity index (χ4n) is 3.80. The highest BCUT2D eigenvalue weighted by molar-refractivity contribution is 5.91. The van der Waals surface area contributed by atoms with Crippen LogP contribution >= 0.6 is 0 Å². The lowest BCUT2D eigenvalue weighted by Crippen LogP contribution is -2.44. The Morgan fingerprint density at radius 2 is 1.95 bits per heavy atom. The molecule has 0 atom stereocenters. The summed E-state index contributed by atoms with van der Waals surface area (Å²) in [4.78, 5) is 25.9. The van der Waals surface area contributed by atoms with E-state index in [4.69, 9.17) is 4.74 Å². The minimum Gasteiger partial charge on any atom is -0.456 e. The Labute approximate surface area is 113 Å².